The number of aromatic nitrogens is 2. The van der Waals surface area contributed by atoms with E-state index >= 15 is 0 Å². The van der Waals surface area contributed by atoms with Crippen molar-refractivity contribution in [2.24, 2.45) is 0 Å². The van der Waals surface area contributed by atoms with Crippen molar-refractivity contribution in [3.63, 3.8) is 0 Å². The number of benzene rings is 1. The molecular formula is C11H7FIN3O4. The van der Waals surface area contributed by atoms with Crippen molar-refractivity contribution >= 4 is 34.2 Å². The monoisotopic (exact) mass is 391 g/mol. The summed E-state index contributed by atoms with van der Waals surface area (Å²) in [5.41, 5.74) is -0.386. The van der Waals surface area contributed by atoms with Gasteiger partial charge in [0.2, 0.25) is 0 Å². The zero-order chi connectivity index (χ0) is 15.0. The van der Waals surface area contributed by atoms with Gasteiger partial charge in [0.05, 0.1) is 14.2 Å². The lowest BCUT2D eigenvalue weighted by Gasteiger charge is -2.04. The molecule has 0 bridgehead atoms. The van der Waals surface area contributed by atoms with E-state index in [-0.39, 0.29) is 26.2 Å². The summed E-state index contributed by atoms with van der Waals surface area (Å²) < 4.78 is 14.7. The normalized spacial score (nSPS) is 10.6. The van der Waals surface area contributed by atoms with Crippen LogP contribution in [0.3, 0.4) is 0 Å². The number of hydrogen-bond acceptors (Lipinski definition) is 4. The number of nitro groups is 1. The van der Waals surface area contributed by atoms with E-state index in [0.717, 1.165) is 23.0 Å². The Labute approximate surface area is 125 Å². The topological polar surface area (TPSA) is 98.3 Å². The van der Waals surface area contributed by atoms with Crippen molar-refractivity contribution < 1.29 is 19.2 Å². The standard InChI is InChI=1S/C11H7FIN3O4/c1-5-6(11(17)18)4-15(14-5)9-2-7(12)8(13)3-10(9)16(19)20/h2-4H,1H3,(H,17,18). The van der Waals surface area contributed by atoms with Crippen LogP contribution in [-0.4, -0.2) is 25.8 Å². The van der Waals surface area contributed by atoms with Crippen LogP contribution in [0.15, 0.2) is 18.3 Å². The number of aryl methyl sites for hydroxylation is 1. The molecule has 1 aromatic heterocycles. The number of carboxylic acids is 1. The maximum Gasteiger partial charge on any atom is 0.339 e. The fraction of sp³-hybridized carbons (Fsp3) is 0.0909. The minimum Gasteiger partial charge on any atom is -0.478 e. The van der Waals surface area contributed by atoms with Crippen LogP contribution in [0.4, 0.5) is 10.1 Å². The summed E-state index contributed by atoms with van der Waals surface area (Å²) in [6, 6.07) is 2.03. The van der Waals surface area contributed by atoms with Crippen LogP contribution in [-0.2, 0) is 0 Å². The third-order valence-corrected chi connectivity index (χ3v) is 3.42. The van der Waals surface area contributed by atoms with Crippen molar-refractivity contribution in [2.45, 2.75) is 6.92 Å². The molecular weight excluding hydrogens is 384 g/mol. The lowest BCUT2D eigenvalue weighted by atomic mass is 10.2. The molecule has 2 aromatic rings. The lowest BCUT2D eigenvalue weighted by molar-refractivity contribution is -0.384. The summed E-state index contributed by atoms with van der Waals surface area (Å²) in [5, 5.41) is 23.8. The van der Waals surface area contributed by atoms with E-state index in [1.165, 1.54) is 6.92 Å². The Kier molecular flexibility index (Phi) is 3.70. The summed E-state index contributed by atoms with van der Waals surface area (Å²) in [7, 11) is 0. The van der Waals surface area contributed by atoms with Crippen LogP contribution < -0.4 is 0 Å². The molecule has 0 saturated carbocycles. The molecule has 0 aliphatic carbocycles. The van der Waals surface area contributed by atoms with Crippen molar-refractivity contribution in [2.75, 3.05) is 0 Å². The minimum atomic E-state index is -1.21. The summed E-state index contributed by atoms with van der Waals surface area (Å²) in [6.45, 7) is 1.45. The van der Waals surface area contributed by atoms with Gasteiger partial charge in [-0.25, -0.2) is 13.9 Å². The highest BCUT2D eigenvalue weighted by atomic mass is 127. The number of halogens is 2. The molecule has 9 heteroatoms. The van der Waals surface area contributed by atoms with Gasteiger partial charge < -0.3 is 5.11 Å². The third kappa shape index (κ3) is 2.48. The van der Waals surface area contributed by atoms with E-state index in [1.54, 1.807) is 22.6 Å². The second-order valence-corrected chi connectivity index (χ2v) is 5.05. The summed E-state index contributed by atoms with van der Waals surface area (Å²) in [4.78, 5) is 21.3. The maximum absolute atomic E-state index is 13.6. The molecule has 0 unspecified atom stereocenters. The second-order valence-electron chi connectivity index (χ2n) is 3.89. The second kappa shape index (κ2) is 5.15. The van der Waals surface area contributed by atoms with Crippen LogP contribution in [0.25, 0.3) is 5.69 Å². The molecule has 20 heavy (non-hydrogen) atoms. The Morgan fingerprint density at radius 1 is 1.55 bits per heavy atom. The Morgan fingerprint density at radius 2 is 2.20 bits per heavy atom. The van der Waals surface area contributed by atoms with Gasteiger partial charge in [-0.05, 0) is 29.5 Å². The van der Waals surface area contributed by atoms with Gasteiger partial charge in [-0.15, -0.1) is 0 Å². The molecule has 7 nitrogen and oxygen atoms in total. The number of carbonyl (C=O) groups is 1. The fourth-order valence-electron chi connectivity index (χ4n) is 1.65. The highest BCUT2D eigenvalue weighted by Gasteiger charge is 2.22. The molecule has 2 rings (SSSR count). The lowest BCUT2D eigenvalue weighted by Crippen LogP contribution is -2.03. The number of rotatable bonds is 3. The first-order valence-electron chi connectivity index (χ1n) is 5.24. The molecule has 0 saturated heterocycles. The van der Waals surface area contributed by atoms with E-state index in [0.29, 0.717) is 0 Å². The SMILES string of the molecule is Cc1nn(-c2cc(F)c(I)cc2[N+](=O)[O-])cc1C(=O)O. The molecule has 0 amide bonds. The molecule has 0 spiro atoms. The predicted molar refractivity (Wildman–Crippen MR) is 74.6 cm³/mol. The number of carboxylic acid groups (broad SMARTS) is 1. The molecule has 104 valence electrons. The van der Waals surface area contributed by atoms with E-state index < -0.39 is 16.7 Å². The quantitative estimate of drug-likeness (QED) is 0.493. The van der Waals surface area contributed by atoms with Crippen LogP contribution in [0.2, 0.25) is 0 Å². The van der Waals surface area contributed by atoms with Crippen LogP contribution in [0.5, 0.6) is 0 Å². The smallest absolute Gasteiger partial charge is 0.339 e. The van der Waals surface area contributed by atoms with Crippen molar-refractivity contribution in [3.05, 3.63) is 49.1 Å². The zero-order valence-electron chi connectivity index (χ0n) is 10.0. The maximum atomic E-state index is 13.6. The number of aromatic carboxylic acids is 1. The van der Waals surface area contributed by atoms with Crippen molar-refractivity contribution in [1.29, 1.82) is 0 Å². The van der Waals surface area contributed by atoms with Gasteiger partial charge >= 0.3 is 5.97 Å². The van der Waals surface area contributed by atoms with Gasteiger partial charge in [-0.3, -0.25) is 10.1 Å². The first kappa shape index (κ1) is 14.4. The van der Waals surface area contributed by atoms with Crippen molar-refractivity contribution in [3.8, 4) is 5.69 Å². The molecule has 1 N–H and O–H groups in total. The van der Waals surface area contributed by atoms with Gasteiger partial charge in [-0.2, -0.15) is 5.10 Å². The predicted octanol–water partition coefficient (Wildman–Crippen LogP) is 2.53. The van der Waals surface area contributed by atoms with Crippen molar-refractivity contribution in [1.82, 2.24) is 9.78 Å². The summed E-state index contributed by atoms with van der Waals surface area (Å²) in [6.07, 6.45) is 1.12. The summed E-state index contributed by atoms with van der Waals surface area (Å²) in [5.74, 6) is -1.85. The van der Waals surface area contributed by atoms with Gasteiger partial charge in [0.15, 0.2) is 0 Å². The molecule has 1 heterocycles. The summed E-state index contributed by atoms with van der Waals surface area (Å²) >= 11 is 1.64. The van der Waals surface area contributed by atoms with Crippen LogP contribution in [0, 0.1) is 26.4 Å². The third-order valence-electron chi connectivity index (χ3n) is 2.59. The molecule has 0 atom stereocenters. The Morgan fingerprint density at radius 3 is 2.70 bits per heavy atom. The van der Waals surface area contributed by atoms with E-state index in [2.05, 4.69) is 5.10 Å². The molecule has 0 aliphatic heterocycles. The average molecular weight is 391 g/mol. The number of nitrogens with zero attached hydrogens (tertiary/aromatic N) is 3. The average Bonchev–Trinajstić information content (AvgIpc) is 2.74. The molecule has 0 aliphatic rings. The van der Waals surface area contributed by atoms with Crippen LogP contribution >= 0.6 is 22.6 Å². The van der Waals surface area contributed by atoms with E-state index in [9.17, 15) is 19.3 Å². The largest absolute Gasteiger partial charge is 0.478 e. The highest BCUT2D eigenvalue weighted by molar-refractivity contribution is 14.1. The van der Waals surface area contributed by atoms with Gasteiger partial charge in [0.25, 0.3) is 5.69 Å². The molecule has 0 radical (unpaired) electrons. The van der Waals surface area contributed by atoms with E-state index in [1.807, 2.05) is 0 Å². The van der Waals surface area contributed by atoms with Gasteiger partial charge in [-0.1, -0.05) is 0 Å². The fourth-order valence-corrected chi connectivity index (χ4v) is 2.10. The van der Waals surface area contributed by atoms with E-state index in [4.69, 9.17) is 5.11 Å². The zero-order valence-corrected chi connectivity index (χ0v) is 12.2. The molecule has 1 aromatic carbocycles. The first-order chi connectivity index (χ1) is 9.31. The Balaban J connectivity index is 2.68. The first-order valence-corrected chi connectivity index (χ1v) is 6.32. The van der Waals surface area contributed by atoms with Gasteiger partial charge in [0.1, 0.15) is 17.1 Å². The Bertz CT molecular complexity index is 729. The number of hydrogen-bond donors (Lipinski definition) is 1. The molecule has 0 fully saturated rings. The number of nitro benzene ring substituents is 1. The highest BCUT2D eigenvalue weighted by Crippen LogP contribution is 2.27. The minimum absolute atomic E-state index is 0.0976. The van der Waals surface area contributed by atoms with Crippen LogP contribution in [0.1, 0.15) is 16.1 Å². The Hall–Kier alpha value is -2.04. The van der Waals surface area contributed by atoms with Gasteiger partial charge in [0, 0.05) is 18.3 Å².